The van der Waals surface area contributed by atoms with E-state index in [2.05, 4.69) is 4.98 Å². The molecule has 0 unspecified atom stereocenters. The van der Waals surface area contributed by atoms with E-state index in [1.165, 1.54) is 0 Å². The fourth-order valence-corrected chi connectivity index (χ4v) is 1.82. The molecule has 0 saturated carbocycles. The summed E-state index contributed by atoms with van der Waals surface area (Å²) in [5.74, 6) is -1.20. The van der Waals surface area contributed by atoms with Gasteiger partial charge >= 0.3 is 5.97 Å². The normalized spacial score (nSPS) is 10.6. The lowest BCUT2D eigenvalue weighted by atomic mass is 10.1. The van der Waals surface area contributed by atoms with Crippen molar-refractivity contribution in [3.63, 3.8) is 0 Å². The van der Waals surface area contributed by atoms with Crippen LogP contribution in [0.5, 0.6) is 0 Å². The van der Waals surface area contributed by atoms with Crippen LogP contribution in [0, 0.1) is 6.92 Å². The predicted molar refractivity (Wildman–Crippen MR) is 61.3 cm³/mol. The molecule has 0 saturated heterocycles. The molecule has 82 valence electrons. The number of hydrogen-bond donors (Lipinski definition) is 2. The SMILES string of the molecule is Cc1ccc2[nH]c(=O)c(Cl)c(C(=O)O)c2c1. The Morgan fingerprint density at radius 2 is 2.12 bits per heavy atom. The highest BCUT2D eigenvalue weighted by molar-refractivity contribution is 6.34. The van der Waals surface area contributed by atoms with Crippen molar-refractivity contribution in [3.8, 4) is 0 Å². The van der Waals surface area contributed by atoms with Crippen molar-refractivity contribution < 1.29 is 9.90 Å². The number of rotatable bonds is 1. The Morgan fingerprint density at radius 1 is 1.44 bits per heavy atom. The number of hydrogen-bond acceptors (Lipinski definition) is 2. The van der Waals surface area contributed by atoms with Gasteiger partial charge in [0.1, 0.15) is 5.02 Å². The fraction of sp³-hybridized carbons (Fsp3) is 0.0909. The number of aryl methyl sites for hydroxylation is 1. The summed E-state index contributed by atoms with van der Waals surface area (Å²) in [6, 6.07) is 5.13. The first-order chi connectivity index (χ1) is 7.50. The van der Waals surface area contributed by atoms with E-state index >= 15 is 0 Å². The molecule has 0 radical (unpaired) electrons. The number of aromatic amines is 1. The number of carbonyl (C=O) groups is 1. The number of benzene rings is 1. The minimum Gasteiger partial charge on any atom is -0.478 e. The van der Waals surface area contributed by atoms with Gasteiger partial charge in [-0.3, -0.25) is 4.79 Å². The predicted octanol–water partition coefficient (Wildman–Crippen LogP) is 2.19. The molecule has 0 spiro atoms. The Hall–Kier alpha value is -1.81. The van der Waals surface area contributed by atoms with Gasteiger partial charge in [0.2, 0.25) is 0 Å². The number of pyridine rings is 1. The number of carboxylic acids is 1. The molecule has 5 heteroatoms. The molecule has 0 fully saturated rings. The molecule has 1 heterocycles. The summed E-state index contributed by atoms with van der Waals surface area (Å²) < 4.78 is 0. The lowest BCUT2D eigenvalue weighted by Crippen LogP contribution is -2.13. The second-order valence-corrected chi connectivity index (χ2v) is 3.88. The zero-order valence-corrected chi connectivity index (χ0v) is 9.13. The van der Waals surface area contributed by atoms with Gasteiger partial charge in [0.15, 0.2) is 0 Å². The maximum absolute atomic E-state index is 11.4. The van der Waals surface area contributed by atoms with Crippen LogP contribution in [0.2, 0.25) is 5.02 Å². The first-order valence-corrected chi connectivity index (χ1v) is 4.94. The number of aromatic carboxylic acids is 1. The van der Waals surface area contributed by atoms with Crippen LogP contribution in [0.15, 0.2) is 23.0 Å². The van der Waals surface area contributed by atoms with Crippen molar-refractivity contribution >= 4 is 28.5 Å². The quantitative estimate of drug-likeness (QED) is 0.799. The van der Waals surface area contributed by atoms with Crippen molar-refractivity contribution in [2.24, 2.45) is 0 Å². The van der Waals surface area contributed by atoms with Crippen molar-refractivity contribution in [2.75, 3.05) is 0 Å². The molecule has 0 aliphatic carbocycles. The van der Waals surface area contributed by atoms with E-state index in [4.69, 9.17) is 16.7 Å². The van der Waals surface area contributed by atoms with Crippen molar-refractivity contribution in [1.82, 2.24) is 4.98 Å². The van der Waals surface area contributed by atoms with E-state index in [-0.39, 0.29) is 10.6 Å². The number of halogens is 1. The number of aromatic nitrogens is 1. The molecule has 0 aliphatic heterocycles. The summed E-state index contributed by atoms with van der Waals surface area (Å²) in [7, 11) is 0. The topological polar surface area (TPSA) is 70.2 Å². The van der Waals surface area contributed by atoms with E-state index < -0.39 is 11.5 Å². The third-order valence-corrected chi connectivity index (χ3v) is 2.69. The highest BCUT2D eigenvalue weighted by Gasteiger charge is 2.16. The average molecular weight is 238 g/mol. The van der Waals surface area contributed by atoms with Crippen LogP contribution < -0.4 is 5.56 Å². The highest BCUT2D eigenvalue weighted by Crippen LogP contribution is 2.22. The van der Waals surface area contributed by atoms with E-state index in [9.17, 15) is 9.59 Å². The minimum atomic E-state index is -1.20. The summed E-state index contributed by atoms with van der Waals surface area (Å²) in [6.45, 7) is 1.84. The Balaban J connectivity index is 3.02. The van der Waals surface area contributed by atoms with Crippen LogP contribution in [0.1, 0.15) is 15.9 Å². The minimum absolute atomic E-state index is 0.149. The van der Waals surface area contributed by atoms with E-state index in [0.717, 1.165) is 5.56 Å². The van der Waals surface area contributed by atoms with E-state index in [0.29, 0.717) is 10.9 Å². The first-order valence-electron chi connectivity index (χ1n) is 4.56. The Morgan fingerprint density at radius 3 is 2.75 bits per heavy atom. The van der Waals surface area contributed by atoms with Crippen LogP contribution in [-0.4, -0.2) is 16.1 Å². The fourth-order valence-electron chi connectivity index (χ4n) is 1.59. The van der Waals surface area contributed by atoms with E-state index in [1.807, 2.05) is 6.92 Å². The van der Waals surface area contributed by atoms with Crippen LogP contribution >= 0.6 is 11.6 Å². The molecule has 2 rings (SSSR count). The molecular weight excluding hydrogens is 230 g/mol. The van der Waals surface area contributed by atoms with Crippen molar-refractivity contribution in [1.29, 1.82) is 0 Å². The standard InChI is InChI=1S/C11H8ClNO3/c1-5-2-3-7-6(4-5)8(11(15)16)9(12)10(14)13-7/h2-4H,1H3,(H,13,14)(H,15,16). The van der Waals surface area contributed by atoms with Gasteiger partial charge in [0.05, 0.1) is 5.56 Å². The zero-order valence-electron chi connectivity index (χ0n) is 8.37. The third kappa shape index (κ3) is 1.57. The van der Waals surface area contributed by atoms with Gasteiger partial charge in [0.25, 0.3) is 5.56 Å². The molecule has 0 aliphatic rings. The third-order valence-electron chi connectivity index (χ3n) is 2.33. The summed E-state index contributed by atoms with van der Waals surface area (Å²) in [4.78, 5) is 25.0. The number of H-pyrrole nitrogens is 1. The summed E-state index contributed by atoms with van der Waals surface area (Å²) >= 11 is 5.69. The summed E-state index contributed by atoms with van der Waals surface area (Å²) in [6.07, 6.45) is 0. The summed E-state index contributed by atoms with van der Waals surface area (Å²) in [5, 5.41) is 9.20. The van der Waals surface area contributed by atoms with Gasteiger partial charge < -0.3 is 10.1 Å². The lowest BCUT2D eigenvalue weighted by molar-refractivity contribution is 0.0699. The molecule has 2 aromatic rings. The van der Waals surface area contributed by atoms with Gasteiger partial charge in [-0.2, -0.15) is 0 Å². The second kappa shape index (κ2) is 3.64. The smallest absolute Gasteiger partial charge is 0.338 e. The number of fused-ring (bicyclic) bond motifs is 1. The van der Waals surface area contributed by atoms with Crippen LogP contribution in [0.4, 0.5) is 0 Å². The van der Waals surface area contributed by atoms with E-state index in [1.54, 1.807) is 18.2 Å². The van der Waals surface area contributed by atoms with Gasteiger partial charge in [-0.05, 0) is 19.1 Å². The van der Waals surface area contributed by atoms with Gasteiger partial charge in [-0.1, -0.05) is 23.2 Å². The maximum Gasteiger partial charge on any atom is 0.338 e. The molecular formula is C11H8ClNO3. The van der Waals surface area contributed by atoms with Gasteiger partial charge in [-0.15, -0.1) is 0 Å². The van der Waals surface area contributed by atoms with Gasteiger partial charge in [0, 0.05) is 10.9 Å². The Labute approximate surface area is 95.5 Å². The van der Waals surface area contributed by atoms with Crippen LogP contribution in [0.25, 0.3) is 10.9 Å². The molecule has 0 atom stereocenters. The molecule has 0 amide bonds. The number of nitrogens with one attached hydrogen (secondary N) is 1. The lowest BCUT2D eigenvalue weighted by Gasteiger charge is -2.05. The highest BCUT2D eigenvalue weighted by atomic mass is 35.5. The molecule has 0 bridgehead atoms. The van der Waals surface area contributed by atoms with Crippen molar-refractivity contribution in [3.05, 3.63) is 44.7 Å². The molecule has 16 heavy (non-hydrogen) atoms. The zero-order chi connectivity index (χ0) is 11.9. The Kier molecular flexibility index (Phi) is 2.44. The maximum atomic E-state index is 11.4. The first kappa shape index (κ1) is 10.7. The Bertz CT molecular complexity index is 645. The molecule has 4 nitrogen and oxygen atoms in total. The van der Waals surface area contributed by atoms with Crippen LogP contribution in [0.3, 0.4) is 0 Å². The largest absolute Gasteiger partial charge is 0.478 e. The summed E-state index contributed by atoms with van der Waals surface area (Å²) in [5.41, 5.74) is 0.634. The van der Waals surface area contributed by atoms with Crippen molar-refractivity contribution in [2.45, 2.75) is 6.92 Å². The second-order valence-electron chi connectivity index (χ2n) is 3.50. The van der Waals surface area contributed by atoms with Gasteiger partial charge in [-0.25, -0.2) is 4.79 Å². The number of carboxylic acid groups (broad SMARTS) is 1. The molecule has 1 aromatic carbocycles. The van der Waals surface area contributed by atoms with Crippen LogP contribution in [-0.2, 0) is 0 Å². The average Bonchev–Trinajstić information content (AvgIpc) is 2.20. The monoisotopic (exact) mass is 237 g/mol. The molecule has 2 N–H and O–H groups in total. The molecule has 1 aromatic heterocycles.